The van der Waals surface area contributed by atoms with Gasteiger partial charge in [-0.15, -0.1) is 0 Å². The van der Waals surface area contributed by atoms with E-state index in [0.29, 0.717) is 36.2 Å². The highest BCUT2D eigenvalue weighted by atomic mass is 16.5. The van der Waals surface area contributed by atoms with Gasteiger partial charge in [0.2, 0.25) is 11.8 Å². The van der Waals surface area contributed by atoms with Crippen LogP contribution in [-0.2, 0) is 0 Å². The Morgan fingerprint density at radius 2 is 2.04 bits per heavy atom. The van der Waals surface area contributed by atoms with Gasteiger partial charge in [-0.05, 0) is 24.3 Å². The number of para-hydroxylation sites is 1. The molecule has 27 heavy (non-hydrogen) atoms. The summed E-state index contributed by atoms with van der Waals surface area (Å²) in [6.45, 7) is 0.841. The summed E-state index contributed by atoms with van der Waals surface area (Å²) in [7, 11) is 0. The number of anilines is 3. The first-order valence-electron chi connectivity index (χ1n) is 8.36. The largest absolute Gasteiger partial charge is 0.489 e. The molecule has 2 amide bonds. The minimum Gasteiger partial charge on any atom is -0.489 e. The van der Waals surface area contributed by atoms with Gasteiger partial charge in [0, 0.05) is 24.0 Å². The van der Waals surface area contributed by atoms with Gasteiger partial charge in [0.15, 0.2) is 0 Å². The van der Waals surface area contributed by atoms with Crippen LogP contribution in [-0.4, -0.2) is 29.2 Å². The zero-order chi connectivity index (χ0) is 18.6. The topological polar surface area (TPSA) is 103 Å². The molecule has 0 aliphatic carbocycles. The monoisotopic (exact) mass is 363 g/mol. The van der Waals surface area contributed by atoms with Crippen LogP contribution in [0.2, 0.25) is 0 Å². The van der Waals surface area contributed by atoms with Crippen molar-refractivity contribution >= 4 is 23.4 Å². The lowest BCUT2D eigenvalue weighted by atomic mass is 10.2. The lowest BCUT2D eigenvalue weighted by molar-refractivity contribution is 0.250. The number of nitrogens with two attached hydrogens (primary N) is 1. The van der Waals surface area contributed by atoms with Crippen molar-refractivity contribution in [3.05, 3.63) is 60.8 Å². The number of fused-ring (bicyclic) bond motifs is 1. The van der Waals surface area contributed by atoms with E-state index in [2.05, 4.69) is 15.3 Å². The van der Waals surface area contributed by atoms with Crippen molar-refractivity contribution in [1.29, 1.82) is 0 Å². The van der Waals surface area contributed by atoms with Crippen LogP contribution in [0.25, 0.3) is 0 Å². The summed E-state index contributed by atoms with van der Waals surface area (Å²) in [5.41, 5.74) is 6.96. The van der Waals surface area contributed by atoms with E-state index < -0.39 is 0 Å². The number of rotatable bonds is 3. The van der Waals surface area contributed by atoms with Crippen molar-refractivity contribution in [1.82, 2.24) is 9.97 Å². The summed E-state index contributed by atoms with van der Waals surface area (Å²) < 4.78 is 11.4. The van der Waals surface area contributed by atoms with Crippen molar-refractivity contribution in [2.24, 2.45) is 0 Å². The molecule has 2 aromatic carbocycles. The Morgan fingerprint density at radius 1 is 1.19 bits per heavy atom. The highest BCUT2D eigenvalue weighted by Gasteiger charge is 2.24. The molecule has 0 bridgehead atoms. The average Bonchev–Trinajstić information content (AvgIpc) is 2.68. The Balaban J connectivity index is 1.54. The fraction of sp³-hybridized carbons (Fsp3) is 0.105. The quantitative estimate of drug-likeness (QED) is 0.740. The molecule has 8 nitrogen and oxygen atoms in total. The number of amides is 2. The molecule has 0 spiro atoms. The second-order valence-corrected chi connectivity index (χ2v) is 5.78. The molecule has 0 saturated heterocycles. The minimum atomic E-state index is -0.219. The average molecular weight is 363 g/mol. The molecule has 8 heteroatoms. The summed E-state index contributed by atoms with van der Waals surface area (Å²) in [6.07, 6.45) is 1.52. The Morgan fingerprint density at radius 3 is 2.85 bits per heavy atom. The third-order valence-electron chi connectivity index (χ3n) is 3.94. The van der Waals surface area contributed by atoms with Crippen molar-refractivity contribution in [3.8, 4) is 17.4 Å². The van der Waals surface area contributed by atoms with Crippen LogP contribution in [0.5, 0.6) is 17.4 Å². The van der Waals surface area contributed by atoms with Crippen molar-refractivity contribution in [3.63, 3.8) is 0 Å². The lowest BCUT2D eigenvalue weighted by Crippen LogP contribution is -2.40. The van der Waals surface area contributed by atoms with Gasteiger partial charge in [0.05, 0.1) is 12.2 Å². The van der Waals surface area contributed by atoms with E-state index in [-0.39, 0.29) is 12.0 Å². The van der Waals surface area contributed by atoms with Crippen LogP contribution in [0.1, 0.15) is 0 Å². The first-order valence-corrected chi connectivity index (χ1v) is 8.36. The maximum absolute atomic E-state index is 12.6. The van der Waals surface area contributed by atoms with E-state index in [0.717, 1.165) is 5.69 Å². The van der Waals surface area contributed by atoms with E-state index in [1.165, 1.54) is 6.20 Å². The van der Waals surface area contributed by atoms with Crippen LogP contribution >= 0.6 is 0 Å². The summed E-state index contributed by atoms with van der Waals surface area (Å²) in [5, 5.41) is 2.88. The van der Waals surface area contributed by atoms with Gasteiger partial charge in [-0.3, -0.25) is 4.90 Å². The fourth-order valence-corrected chi connectivity index (χ4v) is 2.72. The molecule has 136 valence electrons. The molecule has 0 fully saturated rings. The van der Waals surface area contributed by atoms with E-state index in [9.17, 15) is 4.79 Å². The van der Waals surface area contributed by atoms with Gasteiger partial charge in [-0.25, -0.2) is 9.78 Å². The smallest absolute Gasteiger partial charge is 0.326 e. The number of urea groups is 1. The number of benzene rings is 2. The minimum absolute atomic E-state index is 0.130. The third kappa shape index (κ3) is 3.74. The molecule has 0 saturated carbocycles. The van der Waals surface area contributed by atoms with Crippen LogP contribution in [0.4, 0.5) is 22.1 Å². The molecule has 3 aromatic rings. The molecule has 2 heterocycles. The van der Waals surface area contributed by atoms with E-state index in [4.69, 9.17) is 15.2 Å². The predicted molar refractivity (Wildman–Crippen MR) is 101 cm³/mol. The lowest BCUT2D eigenvalue weighted by Gasteiger charge is -2.29. The number of nitrogens with zero attached hydrogens (tertiary/aromatic N) is 3. The van der Waals surface area contributed by atoms with Gasteiger partial charge in [0.1, 0.15) is 18.1 Å². The van der Waals surface area contributed by atoms with Crippen LogP contribution in [0, 0.1) is 0 Å². The first kappa shape index (κ1) is 16.6. The molecule has 0 atom stereocenters. The Hall–Kier alpha value is -3.81. The van der Waals surface area contributed by atoms with Gasteiger partial charge in [-0.1, -0.05) is 18.2 Å². The van der Waals surface area contributed by atoms with E-state index in [1.54, 1.807) is 29.2 Å². The zero-order valence-corrected chi connectivity index (χ0v) is 14.3. The molecule has 0 radical (unpaired) electrons. The number of aromatic nitrogens is 2. The molecule has 0 unspecified atom stereocenters. The summed E-state index contributed by atoms with van der Waals surface area (Å²) in [6, 6.07) is 15.9. The maximum atomic E-state index is 12.6. The molecular formula is C19H17N5O3. The number of nitrogen functional groups attached to an aromatic ring is 1. The molecule has 3 N–H and O–H groups in total. The summed E-state index contributed by atoms with van der Waals surface area (Å²) in [4.78, 5) is 22.1. The highest BCUT2D eigenvalue weighted by molar-refractivity contribution is 6.03. The molecular weight excluding hydrogens is 346 g/mol. The Kier molecular flexibility index (Phi) is 4.44. The predicted octanol–water partition coefficient (Wildman–Crippen LogP) is 3.28. The van der Waals surface area contributed by atoms with E-state index in [1.807, 2.05) is 30.3 Å². The highest BCUT2D eigenvalue weighted by Crippen LogP contribution is 2.36. The van der Waals surface area contributed by atoms with Crippen LogP contribution in [0.3, 0.4) is 0 Å². The fourth-order valence-electron chi connectivity index (χ4n) is 2.72. The number of carbonyl (C=O) groups is 1. The van der Waals surface area contributed by atoms with Crippen LogP contribution in [0.15, 0.2) is 60.8 Å². The van der Waals surface area contributed by atoms with Crippen molar-refractivity contribution < 1.29 is 14.3 Å². The third-order valence-corrected chi connectivity index (χ3v) is 3.94. The molecule has 1 aromatic heterocycles. The zero-order valence-electron chi connectivity index (χ0n) is 14.3. The Labute approximate surface area is 155 Å². The normalized spacial score (nSPS) is 12.7. The first-order chi connectivity index (χ1) is 13.2. The van der Waals surface area contributed by atoms with Gasteiger partial charge in [0.25, 0.3) is 0 Å². The Bertz CT molecular complexity index is 965. The standard InChI is InChI=1S/C19H17N5O3/c20-18-21-9-8-17(23-18)27-14-6-7-15-16(12-14)26-11-10-24(15)19(25)22-13-4-2-1-3-5-13/h1-9,12H,10-11H2,(H,22,25)(H2,20,21,23). The number of carbonyl (C=O) groups excluding carboxylic acids is 1. The second kappa shape index (κ2) is 7.20. The molecule has 1 aliphatic rings. The molecule has 1 aliphatic heterocycles. The number of ether oxygens (including phenoxy) is 2. The van der Waals surface area contributed by atoms with Crippen molar-refractivity contribution in [2.75, 3.05) is 29.1 Å². The summed E-state index contributed by atoms with van der Waals surface area (Å²) >= 11 is 0. The van der Waals surface area contributed by atoms with Gasteiger partial charge >= 0.3 is 6.03 Å². The number of hydrogen-bond acceptors (Lipinski definition) is 6. The molecule has 4 rings (SSSR count). The summed E-state index contributed by atoms with van der Waals surface area (Å²) in [5.74, 6) is 1.54. The van der Waals surface area contributed by atoms with Crippen molar-refractivity contribution in [2.45, 2.75) is 0 Å². The SMILES string of the molecule is Nc1nccc(Oc2ccc3c(c2)OCCN3C(=O)Nc2ccccc2)n1. The van der Waals surface area contributed by atoms with Crippen LogP contribution < -0.4 is 25.4 Å². The number of nitrogens with one attached hydrogen (secondary N) is 1. The van der Waals surface area contributed by atoms with Gasteiger partial charge in [-0.2, -0.15) is 4.98 Å². The van der Waals surface area contributed by atoms with Gasteiger partial charge < -0.3 is 20.5 Å². The second-order valence-electron chi connectivity index (χ2n) is 5.78. The number of hydrogen-bond donors (Lipinski definition) is 2. The maximum Gasteiger partial charge on any atom is 0.326 e. The van der Waals surface area contributed by atoms with E-state index >= 15 is 0 Å².